The molecule has 2 aromatic rings. The zero-order valence-corrected chi connectivity index (χ0v) is 13.6. The Hall–Kier alpha value is -2.88. The van der Waals surface area contributed by atoms with E-state index in [1.165, 1.54) is 29.6 Å². The molecule has 1 aromatic heterocycles. The Kier molecular flexibility index (Phi) is 5.98. The van der Waals surface area contributed by atoms with Crippen LogP contribution in [0.2, 0.25) is 5.15 Å². The summed E-state index contributed by atoms with van der Waals surface area (Å²) in [6, 6.07) is 6.22. The van der Waals surface area contributed by atoms with Gasteiger partial charge in [-0.15, -0.1) is 0 Å². The molecule has 7 nitrogen and oxygen atoms in total. The van der Waals surface area contributed by atoms with Gasteiger partial charge in [-0.2, -0.15) is 13.2 Å². The molecule has 0 aliphatic rings. The van der Waals surface area contributed by atoms with Crippen molar-refractivity contribution in [2.45, 2.75) is 6.18 Å². The first-order valence-corrected chi connectivity index (χ1v) is 7.40. The predicted molar refractivity (Wildman–Crippen MR) is 84.6 cm³/mol. The first-order valence-electron chi connectivity index (χ1n) is 7.02. The van der Waals surface area contributed by atoms with Gasteiger partial charge in [0.2, 0.25) is 0 Å². The van der Waals surface area contributed by atoms with Crippen LogP contribution in [0.3, 0.4) is 0 Å². The van der Waals surface area contributed by atoms with Gasteiger partial charge in [-0.05, 0) is 30.3 Å². The molecule has 11 heteroatoms. The summed E-state index contributed by atoms with van der Waals surface area (Å²) in [6.45, 7) is -2.43. The maximum atomic E-state index is 11.9. The number of hydrogen-bond acceptors (Lipinski definition) is 5. The van der Waals surface area contributed by atoms with E-state index in [9.17, 15) is 27.6 Å². The number of nitrogens with zero attached hydrogens (tertiary/aromatic N) is 1. The van der Waals surface area contributed by atoms with Crippen LogP contribution in [-0.4, -0.2) is 42.2 Å². The van der Waals surface area contributed by atoms with Crippen LogP contribution < -0.4 is 10.6 Å². The second kappa shape index (κ2) is 8.00. The van der Waals surface area contributed by atoms with Crippen LogP contribution >= 0.6 is 11.6 Å². The van der Waals surface area contributed by atoms with Crippen LogP contribution in [0, 0.1) is 0 Å². The number of nitrogens with one attached hydrogen (secondary N) is 2. The van der Waals surface area contributed by atoms with Crippen molar-refractivity contribution in [3.8, 4) is 0 Å². The second-order valence-electron chi connectivity index (χ2n) is 4.96. The number of esters is 1. The molecule has 0 saturated heterocycles. The van der Waals surface area contributed by atoms with Crippen molar-refractivity contribution in [1.29, 1.82) is 0 Å². The summed E-state index contributed by atoms with van der Waals surface area (Å²) < 4.78 is 40.5. The number of carbonyl (C=O) groups is 3. The molecular formula is C15H11ClF3N3O4. The van der Waals surface area contributed by atoms with E-state index in [2.05, 4.69) is 4.98 Å². The number of pyridine rings is 1. The molecule has 0 unspecified atom stereocenters. The Labute approximate surface area is 149 Å². The quantitative estimate of drug-likeness (QED) is 0.618. The van der Waals surface area contributed by atoms with Crippen molar-refractivity contribution in [2.75, 3.05) is 13.2 Å². The molecule has 0 saturated carbocycles. The highest BCUT2D eigenvalue weighted by molar-refractivity contribution is 6.29. The minimum Gasteiger partial charge on any atom is -0.452 e. The number of halogens is 4. The van der Waals surface area contributed by atoms with Crippen LogP contribution in [0.1, 0.15) is 10.4 Å². The number of hydrogen-bond donors (Lipinski definition) is 2. The zero-order valence-electron chi connectivity index (χ0n) is 12.9. The van der Waals surface area contributed by atoms with E-state index < -0.39 is 37.2 Å². The number of carbonyl (C=O) groups excluding carboxylic acids is 3. The summed E-state index contributed by atoms with van der Waals surface area (Å²) in [5.41, 5.74) is 0.670. The molecule has 0 aliphatic carbocycles. The van der Waals surface area contributed by atoms with Crippen molar-refractivity contribution in [2.24, 2.45) is 0 Å². The summed E-state index contributed by atoms with van der Waals surface area (Å²) in [5.74, 6) is -1.93. The van der Waals surface area contributed by atoms with Gasteiger partial charge in [0.05, 0.1) is 11.1 Å². The summed E-state index contributed by atoms with van der Waals surface area (Å²) in [5, 5.41) is 3.94. The van der Waals surface area contributed by atoms with Crippen molar-refractivity contribution in [3.05, 3.63) is 41.0 Å². The van der Waals surface area contributed by atoms with E-state index >= 15 is 0 Å². The summed E-state index contributed by atoms with van der Waals surface area (Å²) in [4.78, 5) is 38.4. The van der Waals surface area contributed by atoms with E-state index in [-0.39, 0.29) is 10.7 Å². The van der Waals surface area contributed by atoms with Crippen LogP contribution in [0.4, 0.5) is 18.0 Å². The number of urea groups is 1. The lowest BCUT2D eigenvalue weighted by molar-refractivity contribution is -0.125. The van der Waals surface area contributed by atoms with Gasteiger partial charge in [0, 0.05) is 5.39 Å². The van der Waals surface area contributed by atoms with Gasteiger partial charge in [-0.3, -0.25) is 10.1 Å². The molecule has 138 valence electrons. The fourth-order valence-corrected chi connectivity index (χ4v) is 1.98. The highest BCUT2D eigenvalue weighted by Crippen LogP contribution is 2.17. The van der Waals surface area contributed by atoms with E-state index in [4.69, 9.17) is 16.3 Å². The lowest BCUT2D eigenvalue weighted by Crippen LogP contribution is -2.44. The Morgan fingerprint density at radius 2 is 1.88 bits per heavy atom. The van der Waals surface area contributed by atoms with Crippen molar-refractivity contribution >= 4 is 40.4 Å². The average molecular weight is 390 g/mol. The number of amides is 3. The molecule has 2 rings (SSSR count). The van der Waals surface area contributed by atoms with Gasteiger partial charge in [0.25, 0.3) is 5.91 Å². The van der Waals surface area contributed by atoms with Gasteiger partial charge < -0.3 is 10.1 Å². The molecule has 1 aromatic carbocycles. The van der Waals surface area contributed by atoms with Crippen LogP contribution in [-0.2, 0) is 9.53 Å². The zero-order chi connectivity index (χ0) is 19.3. The van der Waals surface area contributed by atoms with Gasteiger partial charge >= 0.3 is 18.2 Å². The molecule has 2 N–H and O–H groups in total. The fourth-order valence-electron chi connectivity index (χ4n) is 1.83. The maximum absolute atomic E-state index is 11.9. The predicted octanol–water partition coefficient (Wildman–Crippen LogP) is 2.43. The normalized spacial score (nSPS) is 11.1. The molecule has 0 aliphatic heterocycles. The molecule has 0 bridgehead atoms. The number of alkyl halides is 3. The third kappa shape index (κ3) is 5.88. The van der Waals surface area contributed by atoms with Crippen molar-refractivity contribution in [3.63, 3.8) is 0 Å². The number of imide groups is 1. The third-order valence-corrected chi connectivity index (χ3v) is 3.14. The third-order valence-electron chi connectivity index (χ3n) is 2.93. The number of aromatic nitrogens is 1. The summed E-state index contributed by atoms with van der Waals surface area (Å²) in [7, 11) is 0. The lowest BCUT2D eigenvalue weighted by atomic mass is 10.1. The maximum Gasteiger partial charge on any atom is 0.405 e. The minimum atomic E-state index is -4.61. The average Bonchev–Trinajstić information content (AvgIpc) is 2.56. The van der Waals surface area contributed by atoms with Crippen LogP contribution in [0.15, 0.2) is 30.3 Å². The Morgan fingerprint density at radius 3 is 2.58 bits per heavy atom. The Balaban J connectivity index is 1.87. The monoisotopic (exact) mass is 389 g/mol. The Bertz CT molecular complexity index is 858. The largest absolute Gasteiger partial charge is 0.452 e. The van der Waals surface area contributed by atoms with Gasteiger partial charge in [-0.25, -0.2) is 14.6 Å². The van der Waals surface area contributed by atoms with Crippen LogP contribution in [0.25, 0.3) is 10.9 Å². The minimum absolute atomic E-state index is 0.121. The molecule has 0 radical (unpaired) electrons. The molecule has 1 heterocycles. The first-order chi connectivity index (χ1) is 12.1. The number of benzene rings is 1. The van der Waals surface area contributed by atoms with Gasteiger partial charge in [0.1, 0.15) is 11.7 Å². The van der Waals surface area contributed by atoms with Crippen molar-refractivity contribution in [1.82, 2.24) is 15.6 Å². The molecule has 3 amide bonds. The SMILES string of the molecule is O=C(COC(=O)c1ccc2nc(Cl)ccc2c1)NC(=O)NCC(F)(F)F. The first kappa shape index (κ1) is 19.4. The molecule has 0 spiro atoms. The van der Waals surface area contributed by atoms with E-state index in [0.717, 1.165) is 0 Å². The standard InChI is InChI=1S/C15H11ClF3N3O4/c16-11-4-2-8-5-9(1-3-10(8)21-11)13(24)26-6-12(23)22-14(25)20-7-15(17,18)19/h1-5H,6-7H2,(H2,20,22,23,25). The molecule has 26 heavy (non-hydrogen) atoms. The summed E-state index contributed by atoms with van der Waals surface area (Å²) in [6.07, 6.45) is -4.61. The number of rotatable bonds is 4. The lowest BCUT2D eigenvalue weighted by Gasteiger charge is -2.09. The van der Waals surface area contributed by atoms with E-state index in [1.54, 1.807) is 11.4 Å². The number of fused-ring (bicyclic) bond motifs is 1. The topological polar surface area (TPSA) is 97.4 Å². The second-order valence-corrected chi connectivity index (χ2v) is 5.35. The smallest absolute Gasteiger partial charge is 0.405 e. The van der Waals surface area contributed by atoms with Gasteiger partial charge in [0.15, 0.2) is 6.61 Å². The summed E-state index contributed by atoms with van der Waals surface area (Å²) >= 11 is 5.75. The fraction of sp³-hybridized carbons (Fsp3) is 0.200. The Morgan fingerprint density at radius 1 is 1.15 bits per heavy atom. The molecular weight excluding hydrogens is 379 g/mol. The highest BCUT2D eigenvalue weighted by Gasteiger charge is 2.28. The van der Waals surface area contributed by atoms with E-state index in [1.807, 2.05) is 0 Å². The molecule has 0 fully saturated rings. The van der Waals surface area contributed by atoms with Crippen LogP contribution in [0.5, 0.6) is 0 Å². The number of ether oxygens (including phenoxy) is 1. The highest BCUT2D eigenvalue weighted by atomic mass is 35.5. The van der Waals surface area contributed by atoms with E-state index in [0.29, 0.717) is 10.9 Å². The van der Waals surface area contributed by atoms with Crippen molar-refractivity contribution < 1.29 is 32.3 Å². The van der Waals surface area contributed by atoms with Gasteiger partial charge in [-0.1, -0.05) is 11.6 Å². The molecule has 0 atom stereocenters.